The smallest absolute Gasteiger partial charge is 0.125 e. The Morgan fingerprint density at radius 2 is 1.07 bits per heavy atom. The number of rotatable bonds is 6. The van der Waals surface area contributed by atoms with Crippen molar-refractivity contribution in [2.75, 3.05) is 14.2 Å². The molecule has 2 nitrogen and oxygen atoms in total. The quantitative estimate of drug-likeness (QED) is 0.547. The summed E-state index contributed by atoms with van der Waals surface area (Å²) in [6.07, 6.45) is 0.784. The van der Waals surface area contributed by atoms with Crippen LogP contribution < -0.4 is 9.47 Å². The lowest BCUT2D eigenvalue weighted by atomic mass is 9.71. The zero-order valence-electron chi connectivity index (χ0n) is 16.9. The SMILES string of the molecule is COc1cccc(OC)c1CC(C)(c1ccc(C)cc1)c1ccc(C)cc1. The Kier molecular flexibility index (Phi) is 5.55. The third-order valence-electron chi connectivity index (χ3n) is 5.44. The van der Waals surface area contributed by atoms with E-state index in [1.54, 1.807) is 14.2 Å². The second kappa shape index (κ2) is 7.87. The van der Waals surface area contributed by atoms with Crippen molar-refractivity contribution in [1.29, 1.82) is 0 Å². The maximum Gasteiger partial charge on any atom is 0.125 e. The van der Waals surface area contributed by atoms with E-state index in [4.69, 9.17) is 9.47 Å². The zero-order chi connectivity index (χ0) is 19.4. The minimum absolute atomic E-state index is 0.205. The summed E-state index contributed by atoms with van der Waals surface area (Å²) in [5.74, 6) is 1.72. The predicted octanol–water partition coefficient (Wildman–Crippen LogP) is 5.87. The van der Waals surface area contributed by atoms with Gasteiger partial charge in [0.25, 0.3) is 0 Å². The second-order valence-electron chi connectivity index (χ2n) is 7.38. The molecule has 0 N–H and O–H groups in total. The molecule has 0 aliphatic carbocycles. The van der Waals surface area contributed by atoms with E-state index in [2.05, 4.69) is 69.3 Å². The first-order valence-corrected chi connectivity index (χ1v) is 9.32. The first kappa shape index (κ1) is 19.0. The van der Waals surface area contributed by atoms with E-state index in [1.807, 2.05) is 18.2 Å². The molecule has 0 spiro atoms. The van der Waals surface area contributed by atoms with Crippen molar-refractivity contribution in [3.63, 3.8) is 0 Å². The molecule has 0 unspecified atom stereocenters. The Morgan fingerprint density at radius 1 is 0.667 bits per heavy atom. The van der Waals surface area contributed by atoms with Crippen molar-refractivity contribution >= 4 is 0 Å². The second-order valence-corrected chi connectivity index (χ2v) is 7.38. The van der Waals surface area contributed by atoms with Crippen LogP contribution in [0.25, 0.3) is 0 Å². The molecule has 0 fully saturated rings. The van der Waals surface area contributed by atoms with Crippen molar-refractivity contribution < 1.29 is 9.47 Å². The Labute approximate surface area is 162 Å². The van der Waals surface area contributed by atoms with Crippen LogP contribution in [0.4, 0.5) is 0 Å². The van der Waals surface area contributed by atoms with E-state index >= 15 is 0 Å². The molecule has 0 bridgehead atoms. The van der Waals surface area contributed by atoms with Gasteiger partial charge in [-0.3, -0.25) is 0 Å². The zero-order valence-corrected chi connectivity index (χ0v) is 16.9. The van der Waals surface area contributed by atoms with Gasteiger partial charge in [0.2, 0.25) is 0 Å². The highest BCUT2D eigenvalue weighted by Gasteiger charge is 2.31. The fourth-order valence-corrected chi connectivity index (χ4v) is 3.67. The van der Waals surface area contributed by atoms with E-state index < -0.39 is 0 Å². The molecule has 3 aromatic rings. The van der Waals surface area contributed by atoms with Crippen molar-refractivity contribution in [1.82, 2.24) is 0 Å². The number of methoxy groups -OCH3 is 2. The lowest BCUT2D eigenvalue weighted by Crippen LogP contribution is -2.27. The molecule has 3 rings (SSSR count). The summed E-state index contributed by atoms with van der Waals surface area (Å²) in [7, 11) is 3.43. The standard InChI is InChI=1S/C25H28O2/c1-18-9-13-20(14-10-18)25(3,21-15-11-19(2)12-16-21)17-22-23(26-4)7-6-8-24(22)27-5/h6-16H,17H2,1-5H3. The van der Waals surface area contributed by atoms with E-state index in [9.17, 15) is 0 Å². The maximum absolute atomic E-state index is 5.66. The van der Waals surface area contributed by atoms with Gasteiger partial charge < -0.3 is 9.47 Å². The number of ether oxygens (including phenoxy) is 2. The predicted molar refractivity (Wildman–Crippen MR) is 112 cm³/mol. The maximum atomic E-state index is 5.66. The molecule has 0 aliphatic rings. The third-order valence-corrected chi connectivity index (χ3v) is 5.44. The van der Waals surface area contributed by atoms with Crippen molar-refractivity contribution in [2.45, 2.75) is 32.6 Å². The topological polar surface area (TPSA) is 18.5 Å². The molecule has 3 aromatic carbocycles. The van der Waals surface area contributed by atoms with Crippen LogP contribution in [0.15, 0.2) is 66.7 Å². The molecule has 0 saturated carbocycles. The van der Waals surface area contributed by atoms with Crippen molar-refractivity contribution in [2.24, 2.45) is 0 Å². The van der Waals surface area contributed by atoms with Crippen LogP contribution in [0.5, 0.6) is 11.5 Å². The number of hydrogen-bond donors (Lipinski definition) is 0. The Morgan fingerprint density at radius 3 is 1.44 bits per heavy atom. The summed E-state index contributed by atoms with van der Waals surface area (Å²) in [5.41, 5.74) is 5.98. The molecule has 0 atom stereocenters. The van der Waals surface area contributed by atoms with Gasteiger partial charge in [-0.1, -0.05) is 72.6 Å². The molecule has 0 amide bonds. The average molecular weight is 360 g/mol. The number of aryl methyl sites for hydroxylation is 2. The lowest BCUT2D eigenvalue weighted by molar-refractivity contribution is 0.378. The van der Waals surface area contributed by atoms with Crippen LogP contribution in [0, 0.1) is 13.8 Å². The molecule has 140 valence electrons. The Hall–Kier alpha value is -2.74. The van der Waals surface area contributed by atoms with E-state index in [0.717, 1.165) is 23.5 Å². The molecular weight excluding hydrogens is 332 g/mol. The fourth-order valence-electron chi connectivity index (χ4n) is 3.67. The van der Waals surface area contributed by atoms with Crippen LogP contribution in [0.1, 0.15) is 34.7 Å². The Bertz CT molecular complexity index is 825. The Balaban J connectivity index is 2.17. The van der Waals surface area contributed by atoms with Gasteiger partial charge in [-0.25, -0.2) is 0 Å². The van der Waals surface area contributed by atoms with E-state index in [1.165, 1.54) is 22.3 Å². The molecule has 27 heavy (non-hydrogen) atoms. The molecule has 0 aromatic heterocycles. The van der Waals surface area contributed by atoms with Gasteiger partial charge in [0, 0.05) is 11.0 Å². The van der Waals surface area contributed by atoms with Crippen molar-refractivity contribution in [3.05, 3.63) is 94.5 Å². The third kappa shape index (κ3) is 3.85. The van der Waals surface area contributed by atoms with Crippen LogP contribution in [-0.2, 0) is 11.8 Å². The van der Waals surface area contributed by atoms with Crippen LogP contribution in [0.3, 0.4) is 0 Å². The largest absolute Gasteiger partial charge is 0.496 e. The van der Waals surface area contributed by atoms with E-state index in [0.29, 0.717) is 0 Å². The molecular formula is C25H28O2. The molecule has 0 saturated heterocycles. The highest BCUT2D eigenvalue weighted by atomic mass is 16.5. The molecule has 0 aliphatic heterocycles. The summed E-state index contributed by atoms with van der Waals surface area (Å²) in [4.78, 5) is 0. The minimum atomic E-state index is -0.205. The first-order chi connectivity index (χ1) is 13.0. The average Bonchev–Trinajstić information content (AvgIpc) is 2.69. The van der Waals surface area contributed by atoms with E-state index in [-0.39, 0.29) is 5.41 Å². The molecule has 0 radical (unpaired) electrons. The monoisotopic (exact) mass is 360 g/mol. The van der Waals surface area contributed by atoms with Gasteiger partial charge in [0.15, 0.2) is 0 Å². The summed E-state index contributed by atoms with van der Waals surface area (Å²) in [5, 5.41) is 0. The normalized spacial score (nSPS) is 11.3. The van der Waals surface area contributed by atoms with Gasteiger partial charge in [-0.15, -0.1) is 0 Å². The number of hydrogen-bond acceptors (Lipinski definition) is 2. The van der Waals surface area contributed by atoms with Gasteiger partial charge in [-0.2, -0.15) is 0 Å². The fraction of sp³-hybridized carbons (Fsp3) is 0.280. The van der Waals surface area contributed by atoms with Crippen LogP contribution >= 0.6 is 0 Å². The van der Waals surface area contributed by atoms with Gasteiger partial charge >= 0.3 is 0 Å². The molecule has 2 heteroatoms. The van der Waals surface area contributed by atoms with Crippen LogP contribution in [-0.4, -0.2) is 14.2 Å². The van der Waals surface area contributed by atoms with Gasteiger partial charge in [-0.05, 0) is 43.5 Å². The summed E-state index contributed by atoms with van der Waals surface area (Å²) < 4.78 is 11.3. The number of benzene rings is 3. The van der Waals surface area contributed by atoms with Crippen LogP contribution in [0.2, 0.25) is 0 Å². The highest BCUT2D eigenvalue weighted by molar-refractivity contribution is 5.50. The summed E-state index contributed by atoms with van der Waals surface area (Å²) in [6, 6.07) is 23.6. The summed E-state index contributed by atoms with van der Waals surface area (Å²) >= 11 is 0. The summed E-state index contributed by atoms with van der Waals surface area (Å²) in [6.45, 7) is 6.54. The highest BCUT2D eigenvalue weighted by Crippen LogP contribution is 2.41. The molecule has 0 heterocycles. The van der Waals surface area contributed by atoms with Crippen molar-refractivity contribution in [3.8, 4) is 11.5 Å². The first-order valence-electron chi connectivity index (χ1n) is 9.32. The lowest BCUT2D eigenvalue weighted by Gasteiger charge is -2.32. The van der Waals surface area contributed by atoms with Gasteiger partial charge in [0.05, 0.1) is 14.2 Å². The van der Waals surface area contributed by atoms with Gasteiger partial charge in [0.1, 0.15) is 11.5 Å². The minimum Gasteiger partial charge on any atom is -0.496 e.